The Bertz CT molecular complexity index is 1030. The molecule has 7 heteroatoms. The molecular formula is C27H32BrClN2O3. The van der Waals surface area contributed by atoms with Crippen molar-refractivity contribution in [3.05, 3.63) is 63.1 Å². The Morgan fingerprint density at radius 2 is 1.71 bits per heavy atom. The minimum absolute atomic E-state index is 0.0256. The average molecular weight is 548 g/mol. The molecule has 0 bridgehead atoms. The fourth-order valence-corrected chi connectivity index (χ4v) is 5.45. The highest BCUT2D eigenvalue weighted by Crippen LogP contribution is 2.38. The summed E-state index contributed by atoms with van der Waals surface area (Å²) in [5.74, 6) is 0.997. The van der Waals surface area contributed by atoms with Crippen LogP contribution in [0.1, 0.15) is 54.4 Å². The van der Waals surface area contributed by atoms with Gasteiger partial charge in [-0.15, -0.1) is 0 Å². The molecule has 2 amide bonds. The molecule has 0 radical (unpaired) electrons. The third kappa shape index (κ3) is 5.95. The predicted molar refractivity (Wildman–Crippen MR) is 138 cm³/mol. The maximum atomic E-state index is 13.2. The van der Waals surface area contributed by atoms with E-state index in [2.05, 4.69) is 15.9 Å². The zero-order chi connectivity index (χ0) is 24.1. The van der Waals surface area contributed by atoms with Crippen molar-refractivity contribution < 1.29 is 14.3 Å². The summed E-state index contributed by atoms with van der Waals surface area (Å²) in [5, 5.41) is 0.709. The summed E-state index contributed by atoms with van der Waals surface area (Å²) in [4.78, 5) is 30.3. The number of carbonyl (C=O) groups excluding carboxylic acids is 2. The molecule has 0 atom stereocenters. The Morgan fingerprint density at radius 3 is 2.38 bits per heavy atom. The van der Waals surface area contributed by atoms with Gasteiger partial charge in [0.1, 0.15) is 5.75 Å². The van der Waals surface area contributed by atoms with Crippen molar-refractivity contribution >= 4 is 39.3 Å². The number of aryl methyl sites for hydroxylation is 1. The number of hydrogen-bond acceptors (Lipinski definition) is 3. The Hall–Kier alpha value is -2.05. The average Bonchev–Trinajstić information content (AvgIpc) is 2.86. The van der Waals surface area contributed by atoms with Crippen LogP contribution in [0.3, 0.4) is 0 Å². The maximum Gasteiger partial charge on any atom is 0.254 e. The van der Waals surface area contributed by atoms with Crippen molar-refractivity contribution in [3.8, 4) is 5.75 Å². The third-order valence-electron chi connectivity index (χ3n) is 7.13. The van der Waals surface area contributed by atoms with Gasteiger partial charge in [0.15, 0.2) is 0 Å². The molecule has 5 nitrogen and oxygen atoms in total. The Kier molecular flexibility index (Phi) is 8.20. The lowest BCUT2D eigenvalue weighted by atomic mass is 9.75. The van der Waals surface area contributed by atoms with Gasteiger partial charge in [0, 0.05) is 47.5 Å². The topological polar surface area (TPSA) is 49.9 Å². The number of piperidine rings is 2. The van der Waals surface area contributed by atoms with E-state index in [-0.39, 0.29) is 17.2 Å². The molecule has 4 rings (SSSR count). The number of halogens is 2. The first kappa shape index (κ1) is 25.1. The first-order valence-electron chi connectivity index (χ1n) is 12.1. The van der Waals surface area contributed by atoms with Crippen molar-refractivity contribution in [3.63, 3.8) is 0 Å². The second-order valence-electron chi connectivity index (χ2n) is 9.59. The lowest BCUT2D eigenvalue weighted by Crippen LogP contribution is -2.48. The number of amides is 2. The van der Waals surface area contributed by atoms with Crippen molar-refractivity contribution in [2.45, 2.75) is 45.4 Å². The molecule has 0 spiro atoms. The van der Waals surface area contributed by atoms with E-state index in [1.807, 2.05) is 59.2 Å². The standard InChI is InChI=1S/C27H32BrClN2O3/c1-20-17-21(9-10-24(20)29)34-19-27(18-25(32)30-13-5-2-6-14-30)11-15-31(16-12-27)26(33)22-7-3-4-8-23(22)28/h3-4,7-10,17H,2,5-6,11-16,18-19H2,1H3. The summed E-state index contributed by atoms with van der Waals surface area (Å²) in [6.45, 7) is 5.31. The molecule has 2 heterocycles. The van der Waals surface area contributed by atoms with Crippen LogP contribution in [0.25, 0.3) is 0 Å². The Morgan fingerprint density at radius 1 is 1.00 bits per heavy atom. The molecule has 2 aromatic carbocycles. The first-order valence-corrected chi connectivity index (χ1v) is 13.2. The molecule has 2 fully saturated rings. The van der Waals surface area contributed by atoms with Crippen molar-refractivity contribution in [1.82, 2.24) is 9.80 Å². The summed E-state index contributed by atoms with van der Waals surface area (Å²) >= 11 is 9.67. The quantitative estimate of drug-likeness (QED) is 0.438. The Labute approximate surface area is 215 Å². The van der Waals surface area contributed by atoms with E-state index in [1.54, 1.807) is 0 Å². The highest BCUT2D eigenvalue weighted by atomic mass is 79.9. The second kappa shape index (κ2) is 11.1. The molecule has 0 N–H and O–H groups in total. The van der Waals surface area contributed by atoms with E-state index in [4.69, 9.17) is 16.3 Å². The number of ether oxygens (including phenoxy) is 1. The smallest absolute Gasteiger partial charge is 0.254 e. The van der Waals surface area contributed by atoms with Crippen LogP contribution in [0.4, 0.5) is 0 Å². The van der Waals surface area contributed by atoms with Crippen molar-refractivity contribution in [2.24, 2.45) is 5.41 Å². The number of benzene rings is 2. The van der Waals surface area contributed by atoms with Crippen LogP contribution in [0, 0.1) is 12.3 Å². The molecule has 0 unspecified atom stereocenters. The summed E-state index contributed by atoms with van der Waals surface area (Å²) in [5.41, 5.74) is 1.34. The molecule has 2 aliphatic rings. The highest BCUT2D eigenvalue weighted by Gasteiger charge is 2.40. The zero-order valence-corrected chi connectivity index (χ0v) is 22.0. The van der Waals surface area contributed by atoms with Crippen LogP contribution in [-0.4, -0.2) is 54.4 Å². The lowest BCUT2D eigenvalue weighted by molar-refractivity contribution is -0.136. The molecule has 0 saturated carbocycles. The number of hydrogen-bond donors (Lipinski definition) is 0. The van der Waals surface area contributed by atoms with Gasteiger partial charge in [-0.05, 0) is 90.9 Å². The first-order chi connectivity index (χ1) is 16.4. The summed E-state index contributed by atoms with van der Waals surface area (Å²) in [6.07, 6.45) is 5.27. The zero-order valence-electron chi connectivity index (χ0n) is 19.7. The van der Waals surface area contributed by atoms with Gasteiger partial charge in [-0.2, -0.15) is 0 Å². The van der Waals surface area contributed by atoms with E-state index in [0.717, 1.165) is 54.6 Å². The molecule has 2 aromatic rings. The van der Waals surface area contributed by atoms with Gasteiger partial charge in [-0.1, -0.05) is 23.7 Å². The molecule has 0 aromatic heterocycles. The minimum Gasteiger partial charge on any atom is -0.493 e. The van der Waals surface area contributed by atoms with Crippen LogP contribution in [0.5, 0.6) is 5.75 Å². The van der Waals surface area contributed by atoms with Gasteiger partial charge in [0.25, 0.3) is 5.91 Å². The molecule has 182 valence electrons. The normalized spacial score (nSPS) is 18.0. The highest BCUT2D eigenvalue weighted by molar-refractivity contribution is 9.10. The number of carbonyl (C=O) groups is 2. The lowest BCUT2D eigenvalue weighted by Gasteiger charge is -2.42. The van der Waals surface area contributed by atoms with Gasteiger partial charge in [-0.3, -0.25) is 9.59 Å². The van der Waals surface area contributed by atoms with Gasteiger partial charge < -0.3 is 14.5 Å². The second-order valence-corrected chi connectivity index (χ2v) is 10.9. The fourth-order valence-electron chi connectivity index (χ4n) is 4.88. The third-order valence-corrected chi connectivity index (χ3v) is 8.24. The van der Waals surface area contributed by atoms with E-state index in [0.29, 0.717) is 36.7 Å². The molecular weight excluding hydrogens is 516 g/mol. The molecule has 2 aliphatic heterocycles. The van der Waals surface area contributed by atoms with Crippen LogP contribution >= 0.6 is 27.5 Å². The van der Waals surface area contributed by atoms with Crippen LogP contribution in [0.15, 0.2) is 46.9 Å². The Balaban J connectivity index is 1.47. The van der Waals surface area contributed by atoms with Gasteiger partial charge in [0.2, 0.25) is 5.91 Å². The van der Waals surface area contributed by atoms with Crippen LogP contribution in [-0.2, 0) is 4.79 Å². The van der Waals surface area contributed by atoms with E-state index < -0.39 is 0 Å². The predicted octanol–water partition coefficient (Wildman–Crippen LogP) is 6.11. The largest absolute Gasteiger partial charge is 0.493 e. The molecule has 34 heavy (non-hydrogen) atoms. The fraction of sp³-hybridized carbons (Fsp3) is 0.481. The summed E-state index contributed by atoms with van der Waals surface area (Å²) in [6, 6.07) is 13.2. The van der Waals surface area contributed by atoms with Gasteiger partial charge >= 0.3 is 0 Å². The minimum atomic E-state index is -0.299. The van der Waals surface area contributed by atoms with E-state index in [1.165, 1.54) is 6.42 Å². The number of nitrogens with zero attached hydrogens (tertiary/aromatic N) is 2. The number of likely N-dealkylation sites (tertiary alicyclic amines) is 2. The van der Waals surface area contributed by atoms with Crippen molar-refractivity contribution in [1.29, 1.82) is 0 Å². The maximum absolute atomic E-state index is 13.2. The van der Waals surface area contributed by atoms with Crippen LogP contribution < -0.4 is 4.74 Å². The molecule has 0 aliphatic carbocycles. The summed E-state index contributed by atoms with van der Waals surface area (Å²) in [7, 11) is 0. The SMILES string of the molecule is Cc1cc(OCC2(CC(=O)N3CCCCC3)CCN(C(=O)c3ccccc3Br)CC2)ccc1Cl. The van der Waals surface area contributed by atoms with E-state index in [9.17, 15) is 9.59 Å². The molecule has 2 saturated heterocycles. The van der Waals surface area contributed by atoms with E-state index >= 15 is 0 Å². The van der Waals surface area contributed by atoms with Crippen molar-refractivity contribution in [2.75, 3.05) is 32.8 Å². The van der Waals surface area contributed by atoms with Gasteiger partial charge in [0.05, 0.1) is 12.2 Å². The monoisotopic (exact) mass is 546 g/mol. The summed E-state index contributed by atoms with van der Waals surface area (Å²) < 4.78 is 7.04. The van der Waals surface area contributed by atoms with Crippen LogP contribution in [0.2, 0.25) is 5.02 Å². The number of rotatable bonds is 6. The van der Waals surface area contributed by atoms with Gasteiger partial charge in [-0.25, -0.2) is 0 Å².